The minimum Gasteiger partial charge on any atom is -0.376 e. The van der Waals surface area contributed by atoms with Gasteiger partial charge in [0.2, 0.25) is 0 Å². The molecule has 1 unspecified atom stereocenters. The van der Waals surface area contributed by atoms with Gasteiger partial charge in [-0.1, -0.05) is 6.92 Å². The van der Waals surface area contributed by atoms with Crippen molar-refractivity contribution in [3.63, 3.8) is 0 Å². The average molecular weight is 283 g/mol. The van der Waals surface area contributed by atoms with E-state index in [2.05, 4.69) is 22.9 Å². The standard InChI is InChI=1S/C10H22N2O3Si.ClH/c1-6-10(12-8-7-11(2)9-12)16(13-3,14-4)15-5;/h7-8,10H,6,9H2,1-5H3;1H. The summed E-state index contributed by atoms with van der Waals surface area (Å²) in [6.45, 7) is 2.97. The third-order valence-electron chi connectivity index (χ3n) is 2.95. The normalized spacial score (nSPS) is 17.2. The van der Waals surface area contributed by atoms with Gasteiger partial charge < -0.3 is 23.1 Å². The van der Waals surface area contributed by atoms with E-state index in [1.165, 1.54) is 0 Å². The van der Waals surface area contributed by atoms with Crippen molar-refractivity contribution < 1.29 is 13.3 Å². The van der Waals surface area contributed by atoms with E-state index in [1.807, 2.05) is 13.2 Å². The third-order valence-corrected chi connectivity index (χ3v) is 6.21. The van der Waals surface area contributed by atoms with Crippen molar-refractivity contribution in [3.8, 4) is 0 Å². The minimum absolute atomic E-state index is 0. The molecule has 0 aliphatic carbocycles. The lowest BCUT2D eigenvalue weighted by Gasteiger charge is -2.37. The largest absolute Gasteiger partial charge is 0.523 e. The fourth-order valence-corrected chi connectivity index (χ4v) is 4.49. The number of hydrogen-bond donors (Lipinski definition) is 0. The highest BCUT2D eigenvalue weighted by atomic mass is 35.5. The van der Waals surface area contributed by atoms with Gasteiger partial charge in [0.05, 0.1) is 12.3 Å². The van der Waals surface area contributed by atoms with Gasteiger partial charge in [0.1, 0.15) is 0 Å². The molecule has 1 heterocycles. The van der Waals surface area contributed by atoms with Gasteiger partial charge in [-0.15, -0.1) is 12.4 Å². The molecule has 0 N–H and O–H groups in total. The maximum atomic E-state index is 5.54. The molecule has 0 amide bonds. The van der Waals surface area contributed by atoms with Crippen LogP contribution in [0.1, 0.15) is 13.3 Å². The second kappa shape index (κ2) is 7.23. The molecule has 0 radical (unpaired) electrons. The van der Waals surface area contributed by atoms with Crippen molar-refractivity contribution in [1.82, 2.24) is 9.80 Å². The first-order valence-corrected chi connectivity index (χ1v) is 7.23. The lowest BCUT2D eigenvalue weighted by Crippen LogP contribution is -2.60. The van der Waals surface area contributed by atoms with Gasteiger partial charge in [0, 0.05) is 40.8 Å². The van der Waals surface area contributed by atoms with E-state index in [9.17, 15) is 0 Å². The Morgan fingerprint density at radius 2 is 1.71 bits per heavy atom. The van der Waals surface area contributed by atoms with Gasteiger partial charge in [-0.2, -0.15) is 0 Å². The Morgan fingerprint density at radius 1 is 1.18 bits per heavy atom. The molecule has 0 aromatic carbocycles. The van der Waals surface area contributed by atoms with E-state index < -0.39 is 8.80 Å². The monoisotopic (exact) mass is 282 g/mol. The first kappa shape index (κ1) is 16.7. The Balaban J connectivity index is 0.00000256. The summed E-state index contributed by atoms with van der Waals surface area (Å²) < 4.78 is 16.6. The summed E-state index contributed by atoms with van der Waals surface area (Å²) in [7, 11) is 4.42. The fraction of sp³-hybridized carbons (Fsp3) is 0.800. The first-order chi connectivity index (χ1) is 7.63. The van der Waals surface area contributed by atoms with Crippen molar-refractivity contribution in [2.24, 2.45) is 0 Å². The molecular weight excluding hydrogens is 260 g/mol. The van der Waals surface area contributed by atoms with E-state index in [0.717, 1.165) is 13.1 Å². The second-order valence-corrected chi connectivity index (χ2v) is 6.95. The van der Waals surface area contributed by atoms with Crippen LogP contribution in [0.25, 0.3) is 0 Å². The number of hydrogen-bond acceptors (Lipinski definition) is 5. The second-order valence-electron chi connectivity index (χ2n) is 3.85. The molecular formula is C10H23ClN2O3Si. The van der Waals surface area contributed by atoms with Crippen LogP contribution in [0.2, 0.25) is 0 Å². The zero-order chi connectivity index (χ0) is 12.2. The highest BCUT2D eigenvalue weighted by Gasteiger charge is 2.49. The highest BCUT2D eigenvalue weighted by molar-refractivity contribution is 6.62. The summed E-state index contributed by atoms with van der Waals surface area (Å²) in [5.41, 5.74) is 0.161. The summed E-state index contributed by atoms with van der Waals surface area (Å²) in [6.07, 6.45) is 5.04. The lowest BCUT2D eigenvalue weighted by atomic mass is 10.4. The van der Waals surface area contributed by atoms with Gasteiger partial charge in [-0.3, -0.25) is 0 Å². The molecule has 1 aliphatic rings. The zero-order valence-corrected chi connectivity index (χ0v) is 13.0. The van der Waals surface area contributed by atoms with Crippen LogP contribution in [0.3, 0.4) is 0 Å². The molecule has 1 rings (SSSR count). The van der Waals surface area contributed by atoms with Crippen LogP contribution in [0.5, 0.6) is 0 Å². The summed E-state index contributed by atoms with van der Waals surface area (Å²) in [4.78, 5) is 4.32. The van der Waals surface area contributed by atoms with Gasteiger partial charge in [-0.05, 0) is 6.42 Å². The van der Waals surface area contributed by atoms with Gasteiger partial charge in [0.15, 0.2) is 0 Å². The zero-order valence-electron chi connectivity index (χ0n) is 11.2. The Labute approximate surface area is 111 Å². The molecule has 0 bridgehead atoms. The lowest BCUT2D eigenvalue weighted by molar-refractivity contribution is 0.0816. The predicted molar refractivity (Wildman–Crippen MR) is 71.7 cm³/mol. The Kier molecular flexibility index (Phi) is 7.11. The van der Waals surface area contributed by atoms with E-state index in [1.54, 1.807) is 21.3 Å². The molecule has 17 heavy (non-hydrogen) atoms. The molecule has 0 aromatic heterocycles. The maximum Gasteiger partial charge on any atom is 0.523 e. The predicted octanol–water partition coefficient (Wildman–Crippen LogP) is 1.28. The highest BCUT2D eigenvalue weighted by Crippen LogP contribution is 2.23. The Bertz CT molecular complexity index is 243. The molecule has 0 aromatic rings. The van der Waals surface area contributed by atoms with Crippen molar-refractivity contribution in [2.75, 3.05) is 35.0 Å². The number of nitrogens with zero attached hydrogens (tertiary/aromatic N) is 2. The Morgan fingerprint density at radius 3 is 2.00 bits per heavy atom. The summed E-state index contributed by atoms with van der Waals surface area (Å²) in [5.74, 6) is 0. The first-order valence-electron chi connectivity index (χ1n) is 5.43. The molecule has 102 valence electrons. The van der Waals surface area contributed by atoms with Gasteiger partial charge >= 0.3 is 8.80 Å². The maximum absolute atomic E-state index is 5.54. The fourth-order valence-electron chi connectivity index (χ4n) is 2.10. The van der Waals surface area contributed by atoms with Crippen molar-refractivity contribution in [1.29, 1.82) is 0 Å². The van der Waals surface area contributed by atoms with Crippen LogP contribution in [0.4, 0.5) is 0 Å². The Hall–Kier alpha value is -0.273. The molecule has 0 saturated carbocycles. The molecule has 0 saturated heterocycles. The summed E-state index contributed by atoms with van der Waals surface area (Å²) >= 11 is 0. The van der Waals surface area contributed by atoms with Crippen LogP contribution >= 0.6 is 12.4 Å². The molecule has 0 fully saturated rings. The van der Waals surface area contributed by atoms with E-state index in [4.69, 9.17) is 13.3 Å². The molecule has 5 nitrogen and oxygen atoms in total. The number of halogens is 1. The van der Waals surface area contributed by atoms with Crippen LogP contribution in [0.15, 0.2) is 12.4 Å². The third kappa shape index (κ3) is 3.35. The van der Waals surface area contributed by atoms with Crippen molar-refractivity contribution in [3.05, 3.63) is 12.4 Å². The van der Waals surface area contributed by atoms with Gasteiger partial charge in [-0.25, -0.2) is 0 Å². The molecule has 1 aliphatic heterocycles. The topological polar surface area (TPSA) is 34.2 Å². The van der Waals surface area contributed by atoms with Crippen molar-refractivity contribution in [2.45, 2.75) is 19.0 Å². The van der Waals surface area contributed by atoms with Crippen LogP contribution < -0.4 is 0 Å². The number of rotatable bonds is 6. The van der Waals surface area contributed by atoms with E-state index in [0.29, 0.717) is 0 Å². The molecule has 7 heteroatoms. The van der Waals surface area contributed by atoms with E-state index >= 15 is 0 Å². The van der Waals surface area contributed by atoms with Crippen LogP contribution in [-0.4, -0.2) is 59.3 Å². The van der Waals surface area contributed by atoms with Crippen molar-refractivity contribution >= 4 is 21.2 Å². The van der Waals surface area contributed by atoms with Crippen LogP contribution in [0, 0.1) is 0 Å². The molecule has 0 spiro atoms. The van der Waals surface area contributed by atoms with E-state index in [-0.39, 0.29) is 18.1 Å². The SMILES string of the molecule is CCC(N1C=CN(C)C1)[Si](OC)(OC)OC.Cl. The average Bonchev–Trinajstić information content (AvgIpc) is 2.72. The van der Waals surface area contributed by atoms with Crippen LogP contribution in [-0.2, 0) is 13.3 Å². The smallest absolute Gasteiger partial charge is 0.376 e. The summed E-state index contributed by atoms with van der Waals surface area (Å²) in [5, 5.41) is 0. The summed E-state index contributed by atoms with van der Waals surface area (Å²) in [6, 6.07) is 0. The quantitative estimate of drug-likeness (QED) is 0.686. The van der Waals surface area contributed by atoms with Gasteiger partial charge in [0.25, 0.3) is 0 Å². The molecule has 1 atom stereocenters. The minimum atomic E-state index is -2.59.